The second-order valence-corrected chi connectivity index (χ2v) is 4.30. The molecule has 0 radical (unpaired) electrons. The molecule has 0 spiro atoms. The van der Waals surface area contributed by atoms with Crippen molar-refractivity contribution in [1.82, 2.24) is 0 Å². The minimum atomic E-state index is 0.0300. The zero-order chi connectivity index (χ0) is 12.3. The first-order valence-corrected chi connectivity index (χ1v) is 5.57. The molecule has 88 valence electrons. The summed E-state index contributed by atoms with van der Waals surface area (Å²) in [4.78, 5) is 13.5. The molecule has 0 aliphatic heterocycles. The van der Waals surface area contributed by atoms with E-state index in [1.807, 2.05) is 24.9 Å². The molecule has 0 aliphatic carbocycles. The third kappa shape index (κ3) is 2.74. The molecule has 0 fully saturated rings. The molecule has 0 aromatic heterocycles. The Labute approximate surface area is 101 Å². The summed E-state index contributed by atoms with van der Waals surface area (Å²) in [7, 11) is 1.94. The fourth-order valence-corrected chi connectivity index (χ4v) is 1.95. The van der Waals surface area contributed by atoms with Crippen molar-refractivity contribution in [3.8, 4) is 0 Å². The fourth-order valence-electron chi connectivity index (χ4n) is 1.74. The summed E-state index contributed by atoms with van der Waals surface area (Å²) in [5.74, 6) is 0.0300. The molecule has 0 heterocycles. The fraction of sp³-hybridized carbons (Fsp3) is 0.417. The number of likely N-dealkylation sites (N-methyl/N-ethyl adjacent to an activating group) is 1. The first-order valence-electron chi connectivity index (χ1n) is 5.19. The van der Waals surface area contributed by atoms with Crippen molar-refractivity contribution in [2.45, 2.75) is 13.8 Å². The Morgan fingerprint density at radius 1 is 1.50 bits per heavy atom. The summed E-state index contributed by atoms with van der Waals surface area (Å²) in [5, 5.41) is 0.578. The van der Waals surface area contributed by atoms with Crippen LogP contribution in [0.1, 0.15) is 22.8 Å². The van der Waals surface area contributed by atoms with Crippen LogP contribution in [0.5, 0.6) is 0 Å². The van der Waals surface area contributed by atoms with Crippen molar-refractivity contribution >= 4 is 23.1 Å². The number of hydrogen-bond acceptors (Lipinski definition) is 3. The Hall–Kier alpha value is -1.06. The molecule has 1 rings (SSSR count). The van der Waals surface area contributed by atoms with Crippen molar-refractivity contribution in [2.75, 3.05) is 25.0 Å². The van der Waals surface area contributed by atoms with Gasteiger partial charge in [0.2, 0.25) is 0 Å². The third-order valence-corrected chi connectivity index (χ3v) is 2.82. The molecule has 0 saturated carbocycles. The highest BCUT2D eigenvalue weighted by Crippen LogP contribution is 2.27. The Balaban J connectivity index is 3.23. The summed E-state index contributed by atoms with van der Waals surface area (Å²) in [5.41, 5.74) is 8.10. The highest BCUT2D eigenvalue weighted by atomic mass is 35.5. The molecule has 1 aromatic carbocycles. The second-order valence-electron chi connectivity index (χ2n) is 3.86. The van der Waals surface area contributed by atoms with Gasteiger partial charge in [-0.3, -0.25) is 4.79 Å². The van der Waals surface area contributed by atoms with Gasteiger partial charge in [-0.2, -0.15) is 0 Å². The summed E-state index contributed by atoms with van der Waals surface area (Å²) >= 11 is 6.00. The van der Waals surface area contributed by atoms with E-state index >= 15 is 0 Å². The number of nitrogens with two attached hydrogens (primary N) is 1. The van der Waals surface area contributed by atoms with Gasteiger partial charge in [0, 0.05) is 36.4 Å². The normalized spacial score (nSPS) is 10.3. The maximum Gasteiger partial charge on any atom is 0.160 e. The lowest BCUT2D eigenvalue weighted by molar-refractivity contribution is 0.101. The van der Waals surface area contributed by atoms with E-state index in [1.54, 1.807) is 13.0 Å². The Bertz CT molecular complexity index is 404. The van der Waals surface area contributed by atoms with E-state index in [-0.39, 0.29) is 5.78 Å². The number of rotatable bonds is 4. The van der Waals surface area contributed by atoms with E-state index in [0.29, 0.717) is 17.1 Å². The van der Waals surface area contributed by atoms with Crippen LogP contribution >= 0.6 is 11.6 Å². The molecule has 0 bridgehead atoms. The van der Waals surface area contributed by atoms with Gasteiger partial charge in [0.1, 0.15) is 0 Å². The zero-order valence-electron chi connectivity index (χ0n) is 9.88. The zero-order valence-corrected chi connectivity index (χ0v) is 10.6. The van der Waals surface area contributed by atoms with Gasteiger partial charge < -0.3 is 10.6 Å². The molecule has 0 amide bonds. The molecule has 3 nitrogen and oxygen atoms in total. The van der Waals surface area contributed by atoms with Gasteiger partial charge in [-0.15, -0.1) is 0 Å². The minimum absolute atomic E-state index is 0.0300. The molecular formula is C12H17ClN2O. The Morgan fingerprint density at radius 3 is 2.62 bits per heavy atom. The molecular weight excluding hydrogens is 224 g/mol. The third-order valence-electron chi connectivity index (χ3n) is 2.60. The highest BCUT2D eigenvalue weighted by Gasteiger charge is 2.12. The number of benzene rings is 1. The number of anilines is 1. The molecule has 16 heavy (non-hydrogen) atoms. The van der Waals surface area contributed by atoms with Crippen LogP contribution in [0.15, 0.2) is 12.1 Å². The van der Waals surface area contributed by atoms with Crippen molar-refractivity contribution < 1.29 is 4.79 Å². The lowest BCUT2D eigenvalue weighted by atomic mass is 10.0. The van der Waals surface area contributed by atoms with E-state index in [9.17, 15) is 4.79 Å². The lowest BCUT2D eigenvalue weighted by Crippen LogP contribution is -2.26. The van der Waals surface area contributed by atoms with Crippen LogP contribution in [0.3, 0.4) is 0 Å². The van der Waals surface area contributed by atoms with Crippen LogP contribution in [0.25, 0.3) is 0 Å². The van der Waals surface area contributed by atoms with Gasteiger partial charge >= 0.3 is 0 Å². The highest BCUT2D eigenvalue weighted by molar-refractivity contribution is 6.31. The molecule has 1 aromatic rings. The predicted octanol–water partition coefficient (Wildman–Crippen LogP) is 2.25. The molecule has 4 heteroatoms. The van der Waals surface area contributed by atoms with Crippen LogP contribution in [0, 0.1) is 6.92 Å². The molecule has 0 aliphatic rings. The monoisotopic (exact) mass is 240 g/mol. The molecule has 2 N–H and O–H groups in total. The largest absolute Gasteiger partial charge is 0.373 e. The number of ketones is 1. The molecule has 0 saturated heterocycles. The summed E-state index contributed by atoms with van der Waals surface area (Å²) < 4.78 is 0. The first kappa shape index (κ1) is 13.0. The maximum atomic E-state index is 11.4. The Morgan fingerprint density at radius 2 is 2.12 bits per heavy atom. The summed E-state index contributed by atoms with van der Waals surface area (Å²) in [6.07, 6.45) is 0. The molecule has 0 unspecified atom stereocenters. The van der Waals surface area contributed by atoms with Gasteiger partial charge in [0.25, 0.3) is 0 Å². The summed E-state index contributed by atoms with van der Waals surface area (Å²) in [6, 6.07) is 3.57. The quantitative estimate of drug-likeness (QED) is 0.822. The van der Waals surface area contributed by atoms with E-state index < -0.39 is 0 Å². The van der Waals surface area contributed by atoms with Gasteiger partial charge in [-0.05, 0) is 31.5 Å². The van der Waals surface area contributed by atoms with Crippen LogP contribution in [0.4, 0.5) is 5.69 Å². The average Bonchev–Trinajstić information content (AvgIpc) is 2.20. The number of halogens is 1. The maximum absolute atomic E-state index is 11.4. The minimum Gasteiger partial charge on any atom is -0.373 e. The SMILES string of the molecule is CC(=O)c1cc(Cl)cc(N(C)CCN)c1C. The van der Waals surface area contributed by atoms with E-state index in [0.717, 1.165) is 17.8 Å². The van der Waals surface area contributed by atoms with E-state index in [2.05, 4.69) is 0 Å². The van der Waals surface area contributed by atoms with Crippen molar-refractivity contribution in [1.29, 1.82) is 0 Å². The number of hydrogen-bond donors (Lipinski definition) is 1. The second kappa shape index (κ2) is 5.32. The van der Waals surface area contributed by atoms with Gasteiger partial charge in [-0.25, -0.2) is 0 Å². The van der Waals surface area contributed by atoms with Crippen molar-refractivity contribution in [3.63, 3.8) is 0 Å². The molecule has 0 atom stereocenters. The first-order chi connectivity index (χ1) is 7.47. The standard InChI is InChI=1S/C12H17ClN2O/c1-8-11(9(2)16)6-10(13)7-12(8)15(3)5-4-14/h6-7H,4-5,14H2,1-3H3. The van der Waals surface area contributed by atoms with Crippen molar-refractivity contribution in [3.05, 3.63) is 28.3 Å². The number of carbonyl (C=O) groups is 1. The Kier molecular flexibility index (Phi) is 4.33. The predicted molar refractivity (Wildman–Crippen MR) is 68.5 cm³/mol. The van der Waals surface area contributed by atoms with Crippen LogP contribution in [0.2, 0.25) is 5.02 Å². The topological polar surface area (TPSA) is 46.3 Å². The van der Waals surface area contributed by atoms with Gasteiger partial charge in [-0.1, -0.05) is 11.6 Å². The van der Waals surface area contributed by atoms with Crippen LogP contribution in [-0.2, 0) is 0 Å². The van der Waals surface area contributed by atoms with Gasteiger partial charge in [0.05, 0.1) is 0 Å². The summed E-state index contributed by atoms with van der Waals surface area (Å²) in [6.45, 7) is 4.77. The lowest BCUT2D eigenvalue weighted by Gasteiger charge is -2.22. The number of Topliss-reactive ketones (excluding diaryl/α,β-unsaturated/α-hetero) is 1. The average molecular weight is 241 g/mol. The van der Waals surface area contributed by atoms with E-state index in [1.165, 1.54) is 0 Å². The smallest absolute Gasteiger partial charge is 0.160 e. The number of nitrogens with zero attached hydrogens (tertiary/aromatic N) is 1. The van der Waals surface area contributed by atoms with E-state index in [4.69, 9.17) is 17.3 Å². The number of carbonyl (C=O) groups excluding carboxylic acids is 1. The van der Waals surface area contributed by atoms with Gasteiger partial charge in [0.15, 0.2) is 5.78 Å². The van der Waals surface area contributed by atoms with Crippen molar-refractivity contribution in [2.24, 2.45) is 5.73 Å². The van der Waals surface area contributed by atoms with Crippen LogP contribution < -0.4 is 10.6 Å². The van der Waals surface area contributed by atoms with Crippen LogP contribution in [-0.4, -0.2) is 25.9 Å².